The molecule has 31 heavy (non-hydrogen) atoms. The van der Waals surface area contributed by atoms with E-state index in [0.29, 0.717) is 25.6 Å². The average Bonchev–Trinajstić information content (AvgIpc) is 3.23. The average molecular weight is 535 g/mol. The fourth-order valence-electron chi connectivity index (χ4n) is 3.77. The Labute approximate surface area is 202 Å². The van der Waals surface area contributed by atoms with E-state index in [1.807, 2.05) is 30.3 Å². The summed E-state index contributed by atoms with van der Waals surface area (Å²) in [4.78, 5) is 18.9. The van der Waals surface area contributed by atoms with Gasteiger partial charge in [-0.05, 0) is 30.5 Å². The third-order valence-corrected chi connectivity index (χ3v) is 5.43. The van der Waals surface area contributed by atoms with Gasteiger partial charge in [0, 0.05) is 45.7 Å². The lowest BCUT2D eigenvalue weighted by Crippen LogP contribution is -2.45. The van der Waals surface area contributed by atoms with Gasteiger partial charge >= 0.3 is 0 Å². The van der Waals surface area contributed by atoms with Gasteiger partial charge in [-0.25, -0.2) is 0 Å². The predicted molar refractivity (Wildman–Crippen MR) is 138 cm³/mol. The second-order valence-electron chi connectivity index (χ2n) is 7.64. The topological polar surface area (TPSA) is 68.8 Å². The minimum Gasteiger partial charge on any atom is -0.356 e. The molecule has 0 spiro atoms. The molecule has 1 unspecified atom stereocenters. The van der Waals surface area contributed by atoms with E-state index in [1.165, 1.54) is 18.4 Å². The van der Waals surface area contributed by atoms with Crippen molar-refractivity contribution in [2.24, 2.45) is 4.99 Å². The summed E-state index contributed by atoms with van der Waals surface area (Å²) >= 11 is 0. The number of benzene rings is 2. The molecule has 1 aliphatic rings. The van der Waals surface area contributed by atoms with Crippen molar-refractivity contribution in [2.75, 3.05) is 26.7 Å². The zero-order valence-electron chi connectivity index (χ0n) is 18.2. The molecular formula is C24H34IN5O. The van der Waals surface area contributed by atoms with Crippen molar-refractivity contribution in [3.63, 3.8) is 0 Å². The van der Waals surface area contributed by atoms with Gasteiger partial charge < -0.3 is 16.0 Å². The molecule has 1 fully saturated rings. The first kappa shape index (κ1) is 25.1. The molecule has 2 aromatic rings. The zero-order chi connectivity index (χ0) is 21.0. The van der Waals surface area contributed by atoms with Crippen LogP contribution in [0.1, 0.15) is 30.4 Å². The summed E-state index contributed by atoms with van der Waals surface area (Å²) in [6, 6.07) is 21.1. The normalized spacial score (nSPS) is 16.4. The number of rotatable bonds is 9. The van der Waals surface area contributed by atoms with Crippen molar-refractivity contribution >= 4 is 35.8 Å². The van der Waals surface area contributed by atoms with Gasteiger partial charge in [-0.1, -0.05) is 60.7 Å². The van der Waals surface area contributed by atoms with E-state index in [1.54, 1.807) is 7.05 Å². The lowest BCUT2D eigenvalue weighted by atomic mass is 10.2. The summed E-state index contributed by atoms with van der Waals surface area (Å²) in [5.41, 5.74) is 2.46. The minimum absolute atomic E-state index is 0. The predicted octanol–water partition coefficient (Wildman–Crippen LogP) is 3.14. The molecule has 1 atom stereocenters. The van der Waals surface area contributed by atoms with E-state index in [9.17, 15) is 4.79 Å². The van der Waals surface area contributed by atoms with Crippen molar-refractivity contribution in [3.8, 4) is 0 Å². The molecule has 3 rings (SSSR count). The molecular weight excluding hydrogens is 501 g/mol. The lowest BCUT2D eigenvalue weighted by Gasteiger charge is -2.25. The molecule has 168 valence electrons. The summed E-state index contributed by atoms with van der Waals surface area (Å²) in [7, 11) is 1.77. The Hall–Kier alpha value is -2.13. The first-order chi connectivity index (χ1) is 14.7. The summed E-state index contributed by atoms with van der Waals surface area (Å²) in [6.45, 7) is 4.09. The molecule has 7 heteroatoms. The summed E-state index contributed by atoms with van der Waals surface area (Å²) < 4.78 is 0. The van der Waals surface area contributed by atoms with E-state index < -0.39 is 0 Å². The van der Waals surface area contributed by atoms with Crippen LogP contribution < -0.4 is 16.0 Å². The maximum Gasteiger partial charge on any atom is 0.222 e. The Kier molecular flexibility index (Phi) is 11.4. The van der Waals surface area contributed by atoms with Gasteiger partial charge in [-0.3, -0.25) is 14.7 Å². The summed E-state index contributed by atoms with van der Waals surface area (Å²) in [6.07, 6.45) is 2.84. The molecule has 0 saturated carbocycles. The largest absolute Gasteiger partial charge is 0.356 e. The van der Waals surface area contributed by atoms with Crippen molar-refractivity contribution in [2.45, 2.75) is 38.4 Å². The van der Waals surface area contributed by atoms with Crippen LogP contribution in [0.2, 0.25) is 0 Å². The highest BCUT2D eigenvalue weighted by Crippen LogP contribution is 2.19. The molecule has 0 bridgehead atoms. The number of nitrogens with zero attached hydrogens (tertiary/aromatic N) is 2. The van der Waals surface area contributed by atoms with Crippen LogP contribution in [-0.2, 0) is 17.9 Å². The Morgan fingerprint density at radius 2 is 1.68 bits per heavy atom. The van der Waals surface area contributed by atoms with Crippen LogP contribution in [-0.4, -0.2) is 49.5 Å². The van der Waals surface area contributed by atoms with Gasteiger partial charge in [0.25, 0.3) is 0 Å². The number of aliphatic imine (C=N–C) groups is 1. The number of nitrogens with one attached hydrogen (secondary N) is 3. The minimum atomic E-state index is 0. The molecule has 0 aromatic heterocycles. The second kappa shape index (κ2) is 14.0. The van der Waals surface area contributed by atoms with Crippen LogP contribution in [0.25, 0.3) is 0 Å². The summed E-state index contributed by atoms with van der Waals surface area (Å²) in [5.74, 6) is 0.782. The van der Waals surface area contributed by atoms with E-state index in [4.69, 9.17) is 0 Å². The SMILES string of the molecule is CN=C(NCCC(=O)NCc1ccccc1)NCC1CCCN1Cc1ccccc1.I. The number of hydrogen-bond acceptors (Lipinski definition) is 3. The van der Waals surface area contributed by atoms with Crippen LogP contribution in [0.15, 0.2) is 65.7 Å². The maximum absolute atomic E-state index is 12.1. The standard InChI is InChI=1S/C24H33N5O.HI/c1-25-24(26-15-14-23(30)27-17-20-9-4-2-5-10-20)28-18-22-13-8-16-29(22)19-21-11-6-3-7-12-21;/h2-7,9-12,22H,8,13-19H2,1H3,(H,27,30)(H2,25,26,28);1H. The highest BCUT2D eigenvalue weighted by atomic mass is 127. The highest BCUT2D eigenvalue weighted by Gasteiger charge is 2.24. The van der Waals surface area contributed by atoms with Gasteiger partial charge in [0.15, 0.2) is 5.96 Å². The number of halogens is 1. The Bertz CT molecular complexity index is 800. The number of guanidine groups is 1. The molecule has 0 radical (unpaired) electrons. The number of hydrogen-bond donors (Lipinski definition) is 3. The molecule has 1 aliphatic heterocycles. The van der Waals surface area contributed by atoms with Crippen molar-refractivity contribution in [1.82, 2.24) is 20.9 Å². The maximum atomic E-state index is 12.1. The smallest absolute Gasteiger partial charge is 0.222 e. The molecule has 1 heterocycles. The van der Waals surface area contributed by atoms with Crippen LogP contribution in [0.4, 0.5) is 0 Å². The zero-order valence-corrected chi connectivity index (χ0v) is 20.5. The van der Waals surface area contributed by atoms with E-state index >= 15 is 0 Å². The Morgan fingerprint density at radius 1 is 1.00 bits per heavy atom. The van der Waals surface area contributed by atoms with Gasteiger partial charge in [0.1, 0.15) is 0 Å². The Morgan fingerprint density at radius 3 is 2.35 bits per heavy atom. The van der Waals surface area contributed by atoms with Crippen LogP contribution in [0.5, 0.6) is 0 Å². The fraction of sp³-hybridized carbons (Fsp3) is 0.417. The number of amides is 1. The van der Waals surface area contributed by atoms with E-state index in [2.05, 4.69) is 56.2 Å². The third-order valence-electron chi connectivity index (χ3n) is 5.43. The molecule has 2 aromatic carbocycles. The number of carbonyl (C=O) groups excluding carboxylic acids is 1. The number of carbonyl (C=O) groups is 1. The van der Waals surface area contributed by atoms with Crippen LogP contribution >= 0.6 is 24.0 Å². The first-order valence-electron chi connectivity index (χ1n) is 10.8. The molecule has 0 aliphatic carbocycles. The van der Waals surface area contributed by atoms with Crippen LogP contribution in [0, 0.1) is 0 Å². The molecule has 6 nitrogen and oxygen atoms in total. The highest BCUT2D eigenvalue weighted by molar-refractivity contribution is 14.0. The first-order valence-corrected chi connectivity index (χ1v) is 10.8. The van der Waals surface area contributed by atoms with Crippen LogP contribution in [0.3, 0.4) is 0 Å². The van der Waals surface area contributed by atoms with Crippen molar-refractivity contribution < 1.29 is 4.79 Å². The van der Waals surface area contributed by atoms with Gasteiger partial charge in [-0.15, -0.1) is 24.0 Å². The lowest BCUT2D eigenvalue weighted by molar-refractivity contribution is -0.121. The van der Waals surface area contributed by atoms with E-state index in [0.717, 1.165) is 31.2 Å². The fourth-order valence-corrected chi connectivity index (χ4v) is 3.77. The Balaban J connectivity index is 0.00000341. The monoisotopic (exact) mass is 535 g/mol. The van der Waals surface area contributed by atoms with Gasteiger partial charge in [-0.2, -0.15) is 0 Å². The summed E-state index contributed by atoms with van der Waals surface area (Å²) in [5, 5.41) is 9.62. The van der Waals surface area contributed by atoms with Crippen molar-refractivity contribution in [1.29, 1.82) is 0 Å². The van der Waals surface area contributed by atoms with Gasteiger partial charge in [0.05, 0.1) is 0 Å². The second-order valence-corrected chi connectivity index (χ2v) is 7.64. The third kappa shape index (κ3) is 8.86. The van der Waals surface area contributed by atoms with Gasteiger partial charge in [0.2, 0.25) is 5.91 Å². The number of likely N-dealkylation sites (tertiary alicyclic amines) is 1. The van der Waals surface area contributed by atoms with E-state index in [-0.39, 0.29) is 29.9 Å². The molecule has 1 saturated heterocycles. The van der Waals surface area contributed by atoms with Crippen molar-refractivity contribution in [3.05, 3.63) is 71.8 Å². The molecule has 1 amide bonds. The molecule has 3 N–H and O–H groups in total. The quantitative estimate of drug-likeness (QED) is 0.262.